The molecule has 0 bridgehead atoms. The monoisotopic (exact) mass is 264 g/mol. The summed E-state index contributed by atoms with van der Waals surface area (Å²) in [5, 5.41) is 23.4. The van der Waals surface area contributed by atoms with Gasteiger partial charge in [-0.25, -0.2) is 0 Å². The number of non-ortho nitro benzene ring substituents is 1. The van der Waals surface area contributed by atoms with Crippen molar-refractivity contribution in [2.75, 3.05) is 6.54 Å². The van der Waals surface area contributed by atoms with Crippen molar-refractivity contribution in [3.8, 4) is 0 Å². The largest absolute Gasteiger partial charge is 0.393 e. The number of nitrogens with one attached hydrogen (secondary N) is 1. The first kappa shape index (κ1) is 14.0. The lowest BCUT2D eigenvalue weighted by atomic mass is 9.87. The molecule has 0 radical (unpaired) electrons. The first-order valence-corrected chi connectivity index (χ1v) is 6.77. The molecular weight excluding hydrogens is 244 g/mol. The molecule has 0 heterocycles. The van der Waals surface area contributed by atoms with E-state index < -0.39 is 0 Å². The van der Waals surface area contributed by atoms with Gasteiger partial charge >= 0.3 is 0 Å². The normalized spacial score (nSPS) is 23.2. The standard InChI is InChI=1S/C14H20N2O3/c17-14-6-4-11(5-7-14)9-15-10-12-2-1-3-13(8-12)16(18)19/h1-3,8,11,14-15,17H,4-7,9-10H2. The van der Waals surface area contributed by atoms with Gasteiger partial charge in [0.05, 0.1) is 11.0 Å². The summed E-state index contributed by atoms with van der Waals surface area (Å²) < 4.78 is 0. The molecule has 1 aliphatic carbocycles. The van der Waals surface area contributed by atoms with Crippen LogP contribution in [0.4, 0.5) is 5.69 Å². The minimum atomic E-state index is -0.369. The lowest BCUT2D eigenvalue weighted by Gasteiger charge is -2.25. The van der Waals surface area contributed by atoms with Gasteiger partial charge in [0.2, 0.25) is 0 Å². The molecule has 2 rings (SSSR count). The quantitative estimate of drug-likeness (QED) is 0.631. The van der Waals surface area contributed by atoms with E-state index in [4.69, 9.17) is 0 Å². The zero-order valence-electron chi connectivity index (χ0n) is 10.9. The first-order chi connectivity index (χ1) is 9.15. The third-order valence-corrected chi connectivity index (χ3v) is 3.70. The van der Waals surface area contributed by atoms with Crippen molar-refractivity contribution in [3.05, 3.63) is 39.9 Å². The molecule has 1 fully saturated rings. The second kappa shape index (κ2) is 6.63. The minimum absolute atomic E-state index is 0.118. The zero-order valence-corrected chi connectivity index (χ0v) is 10.9. The zero-order chi connectivity index (χ0) is 13.7. The van der Waals surface area contributed by atoms with E-state index in [9.17, 15) is 15.2 Å². The van der Waals surface area contributed by atoms with Crippen molar-refractivity contribution in [1.29, 1.82) is 0 Å². The second-order valence-corrected chi connectivity index (χ2v) is 5.23. The average Bonchev–Trinajstić information content (AvgIpc) is 2.41. The lowest BCUT2D eigenvalue weighted by Crippen LogP contribution is -2.27. The van der Waals surface area contributed by atoms with E-state index in [1.54, 1.807) is 12.1 Å². The van der Waals surface area contributed by atoms with Crippen molar-refractivity contribution in [2.24, 2.45) is 5.92 Å². The van der Waals surface area contributed by atoms with E-state index in [0.717, 1.165) is 37.8 Å². The van der Waals surface area contributed by atoms with Gasteiger partial charge in [-0.3, -0.25) is 10.1 Å². The molecule has 5 heteroatoms. The van der Waals surface area contributed by atoms with E-state index in [2.05, 4.69) is 5.32 Å². The fourth-order valence-corrected chi connectivity index (χ4v) is 2.55. The van der Waals surface area contributed by atoms with Crippen LogP contribution in [0, 0.1) is 16.0 Å². The molecule has 0 atom stereocenters. The summed E-state index contributed by atoms with van der Waals surface area (Å²) in [7, 11) is 0. The number of hydrogen-bond acceptors (Lipinski definition) is 4. The molecular formula is C14H20N2O3. The Labute approximate surface area is 112 Å². The maximum Gasteiger partial charge on any atom is 0.269 e. The van der Waals surface area contributed by atoms with E-state index >= 15 is 0 Å². The molecule has 1 aromatic rings. The molecule has 1 aromatic carbocycles. The second-order valence-electron chi connectivity index (χ2n) is 5.23. The lowest BCUT2D eigenvalue weighted by molar-refractivity contribution is -0.384. The van der Waals surface area contributed by atoms with Crippen LogP contribution >= 0.6 is 0 Å². The predicted octanol–water partition coefficient (Wildman–Crippen LogP) is 2.24. The minimum Gasteiger partial charge on any atom is -0.393 e. The van der Waals surface area contributed by atoms with Gasteiger partial charge in [0.1, 0.15) is 0 Å². The highest BCUT2D eigenvalue weighted by atomic mass is 16.6. The summed E-state index contributed by atoms with van der Waals surface area (Å²) in [4.78, 5) is 10.3. The van der Waals surface area contributed by atoms with Crippen LogP contribution in [-0.4, -0.2) is 22.7 Å². The summed E-state index contributed by atoms with van der Waals surface area (Å²) in [6.45, 7) is 1.57. The smallest absolute Gasteiger partial charge is 0.269 e. The van der Waals surface area contributed by atoms with E-state index in [1.807, 2.05) is 6.07 Å². The first-order valence-electron chi connectivity index (χ1n) is 6.77. The molecule has 2 N–H and O–H groups in total. The van der Waals surface area contributed by atoms with Gasteiger partial charge in [-0.05, 0) is 43.7 Å². The number of nitro benzene ring substituents is 1. The highest BCUT2D eigenvalue weighted by Gasteiger charge is 2.18. The molecule has 0 saturated heterocycles. The molecule has 104 valence electrons. The summed E-state index contributed by atoms with van der Waals surface area (Å²) in [5.41, 5.74) is 1.07. The summed E-state index contributed by atoms with van der Waals surface area (Å²) in [6, 6.07) is 6.72. The third-order valence-electron chi connectivity index (χ3n) is 3.70. The fourth-order valence-electron chi connectivity index (χ4n) is 2.55. The van der Waals surface area contributed by atoms with Crippen LogP contribution in [-0.2, 0) is 6.54 Å². The average molecular weight is 264 g/mol. The van der Waals surface area contributed by atoms with Crippen molar-refractivity contribution in [1.82, 2.24) is 5.32 Å². The SMILES string of the molecule is O=[N+]([O-])c1cccc(CNCC2CCC(O)CC2)c1. The maximum atomic E-state index is 10.7. The summed E-state index contributed by atoms with van der Waals surface area (Å²) in [5.74, 6) is 0.613. The van der Waals surface area contributed by atoms with Crippen LogP contribution in [0.2, 0.25) is 0 Å². The van der Waals surface area contributed by atoms with Gasteiger partial charge in [-0.1, -0.05) is 12.1 Å². The molecule has 0 spiro atoms. The maximum absolute atomic E-state index is 10.7. The third kappa shape index (κ3) is 4.29. The molecule has 0 aromatic heterocycles. The molecule has 0 unspecified atom stereocenters. The topological polar surface area (TPSA) is 75.4 Å². The van der Waals surface area contributed by atoms with Crippen molar-refractivity contribution < 1.29 is 10.0 Å². The van der Waals surface area contributed by atoms with Crippen LogP contribution in [0.1, 0.15) is 31.2 Å². The Balaban J connectivity index is 1.76. The fraction of sp³-hybridized carbons (Fsp3) is 0.571. The number of aliphatic hydroxyl groups excluding tert-OH is 1. The van der Waals surface area contributed by atoms with E-state index in [1.165, 1.54) is 6.07 Å². The molecule has 5 nitrogen and oxygen atoms in total. The van der Waals surface area contributed by atoms with Gasteiger partial charge in [0.25, 0.3) is 5.69 Å². The highest BCUT2D eigenvalue weighted by Crippen LogP contribution is 2.23. The molecule has 19 heavy (non-hydrogen) atoms. The summed E-state index contributed by atoms with van der Waals surface area (Å²) in [6.07, 6.45) is 3.78. The summed E-state index contributed by atoms with van der Waals surface area (Å²) >= 11 is 0. The highest BCUT2D eigenvalue weighted by molar-refractivity contribution is 5.34. The Morgan fingerprint density at radius 3 is 2.74 bits per heavy atom. The molecule has 1 saturated carbocycles. The van der Waals surface area contributed by atoms with Crippen molar-refractivity contribution in [2.45, 2.75) is 38.3 Å². The predicted molar refractivity (Wildman–Crippen MR) is 72.8 cm³/mol. The van der Waals surface area contributed by atoms with Crippen molar-refractivity contribution >= 4 is 5.69 Å². The van der Waals surface area contributed by atoms with Gasteiger partial charge in [0.15, 0.2) is 0 Å². The van der Waals surface area contributed by atoms with Crippen LogP contribution in [0.5, 0.6) is 0 Å². The van der Waals surface area contributed by atoms with Gasteiger partial charge in [-0.2, -0.15) is 0 Å². The Bertz CT molecular complexity index is 428. The number of rotatable bonds is 5. The Morgan fingerprint density at radius 2 is 2.05 bits per heavy atom. The van der Waals surface area contributed by atoms with Crippen LogP contribution in [0.15, 0.2) is 24.3 Å². The number of nitrogens with zero attached hydrogens (tertiary/aromatic N) is 1. The Morgan fingerprint density at radius 1 is 1.32 bits per heavy atom. The number of aliphatic hydroxyl groups is 1. The molecule has 0 amide bonds. The van der Waals surface area contributed by atoms with Crippen LogP contribution in [0.25, 0.3) is 0 Å². The van der Waals surface area contributed by atoms with Gasteiger partial charge in [0, 0.05) is 18.7 Å². The Hall–Kier alpha value is -1.46. The molecule has 0 aliphatic heterocycles. The van der Waals surface area contributed by atoms with Gasteiger partial charge < -0.3 is 10.4 Å². The number of nitro groups is 1. The van der Waals surface area contributed by atoms with E-state index in [-0.39, 0.29) is 16.7 Å². The van der Waals surface area contributed by atoms with Gasteiger partial charge in [-0.15, -0.1) is 0 Å². The van der Waals surface area contributed by atoms with E-state index in [0.29, 0.717) is 12.5 Å². The van der Waals surface area contributed by atoms with Crippen molar-refractivity contribution in [3.63, 3.8) is 0 Å². The Kier molecular flexibility index (Phi) is 4.87. The van der Waals surface area contributed by atoms with Crippen LogP contribution < -0.4 is 5.32 Å². The van der Waals surface area contributed by atoms with Crippen LogP contribution in [0.3, 0.4) is 0 Å². The number of hydrogen-bond donors (Lipinski definition) is 2. The number of benzene rings is 1. The molecule has 1 aliphatic rings.